The summed E-state index contributed by atoms with van der Waals surface area (Å²) in [6.07, 6.45) is 0. The Labute approximate surface area is 116 Å². The Hall–Kier alpha value is -1.20. The van der Waals surface area contributed by atoms with Crippen LogP contribution in [0, 0.1) is 17.6 Å². The summed E-state index contributed by atoms with van der Waals surface area (Å²) in [6.45, 7) is 3.13. The summed E-state index contributed by atoms with van der Waals surface area (Å²) in [6, 6.07) is 3.76. The number of carbonyl (C=O) groups excluding carboxylic acids is 1. The van der Waals surface area contributed by atoms with Gasteiger partial charge in [0.05, 0.1) is 12.5 Å². The first-order chi connectivity index (χ1) is 8.63. The van der Waals surface area contributed by atoms with Gasteiger partial charge in [0, 0.05) is 19.0 Å². The Kier molecular flexibility index (Phi) is 5.69. The second-order valence-corrected chi connectivity index (χ2v) is 4.30. The highest BCUT2D eigenvalue weighted by Crippen LogP contribution is 2.29. The molecule has 2 rings (SSSR count). The molecule has 1 heterocycles. The largest absolute Gasteiger partial charge is 0.466 e. The number of esters is 1. The van der Waals surface area contributed by atoms with Gasteiger partial charge in [0.1, 0.15) is 0 Å². The monoisotopic (exact) mass is 291 g/mol. The summed E-state index contributed by atoms with van der Waals surface area (Å²) in [5, 5.41) is 3.08. The highest BCUT2D eigenvalue weighted by molar-refractivity contribution is 5.85. The molecule has 19 heavy (non-hydrogen) atoms. The van der Waals surface area contributed by atoms with Gasteiger partial charge in [0.2, 0.25) is 0 Å². The topological polar surface area (TPSA) is 38.3 Å². The third kappa shape index (κ3) is 3.42. The van der Waals surface area contributed by atoms with Gasteiger partial charge in [-0.3, -0.25) is 4.79 Å². The van der Waals surface area contributed by atoms with Gasteiger partial charge in [-0.15, -0.1) is 12.4 Å². The maximum atomic E-state index is 13.2. The van der Waals surface area contributed by atoms with E-state index in [1.54, 1.807) is 6.92 Å². The third-order valence-corrected chi connectivity index (χ3v) is 3.18. The summed E-state index contributed by atoms with van der Waals surface area (Å²) < 4.78 is 31.1. The molecule has 1 fully saturated rings. The lowest BCUT2D eigenvalue weighted by Gasteiger charge is -2.17. The van der Waals surface area contributed by atoms with Crippen LogP contribution in [0.2, 0.25) is 0 Å². The number of nitrogens with one attached hydrogen (secondary N) is 1. The molecular formula is C13H16ClF2NO2. The van der Waals surface area contributed by atoms with E-state index in [0.717, 1.165) is 12.1 Å². The lowest BCUT2D eigenvalue weighted by atomic mass is 9.89. The lowest BCUT2D eigenvalue weighted by Crippen LogP contribution is -2.24. The van der Waals surface area contributed by atoms with E-state index in [2.05, 4.69) is 5.32 Å². The van der Waals surface area contributed by atoms with Crippen LogP contribution in [-0.2, 0) is 9.53 Å². The molecule has 0 saturated carbocycles. The van der Waals surface area contributed by atoms with Crippen LogP contribution in [0.3, 0.4) is 0 Å². The van der Waals surface area contributed by atoms with Gasteiger partial charge < -0.3 is 10.1 Å². The Morgan fingerprint density at radius 2 is 2.11 bits per heavy atom. The van der Waals surface area contributed by atoms with Gasteiger partial charge in [-0.05, 0) is 24.6 Å². The van der Waals surface area contributed by atoms with Crippen molar-refractivity contribution in [1.29, 1.82) is 0 Å². The van der Waals surface area contributed by atoms with Gasteiger partial charge in [0.25, 0.3) is 0 Å². The standard InChI is InChI=1S/C13H15F2NO2.ClH/c1-2-18-13(17)10-7-16-6-9(10)8-3-4-11(14)12(15)5-8;/h3-5,9-10,16H,2,6-7H2,1H3;1H/t9-,10+;/m1./s1. The lowest BCUT2D eigenvalue weighted by molar-refractivity contribution is -0.147. The first-order valence-corrected chi connectivity index (χ1v) is 5.95. The fourth-order valence-corrected chi connectivity index (χ4v) is 2.27. The molecule has 1 aliphatic rings. The fourth-order valence-electron chi connectivity index (χ4n) is 2.27. The number of ether oxygens (including phenoxy) is 1. The summed E-state index contributed by atoms with van der Waals surface area (Å²) in [5.74, 6) is -2.56. The first kappa shape index (κ1) is 15.9. The van der Waals surface area contributed by atoms with Crippen molar-refractivity contribution in [2.45, 2.75) is 12.8 Å². The van der Waals surface area contributed by atoms with Crippen LogP contribution in [0.25, 0.3) is 0 Å². The highest BCUT2D eigenvalue weighted by Gasteiger charge is 2.35. The molecule has 0 unspecified atom stereocenters. The molecule has 2 atom stereocenters. The van der Waals surface area contributed by atoms with Crippen LogP contribution in [-0.4, -0.2) is 25.7 Å². The molecule has 3 nitrogen and oxygen atoms in total. The smallest absolute Gasteiger partial charge is 0.310 e. The zero-order valence-corrected chi connectivity index (χ0v) is 11.3. The Balaban J connectivity index is 0.00000180. The number of carbonyl (C=O) groups is 1. The molecule has 0 aliphatic carbocycles. The number of hydrogen-bond acceptors (Lipinski definition) is 3. The summed E-state index contributed by atoms with van der Waals surface area (Å²) in [4.78, 5) is 11.8. The van der Waals surface area contributed by atoms with Crippen molar-refractivity contribution in [3.8, 4) is 0 Å². The minimum atomic E-state index is -0.887. The third-order valence-electron chi connectivity index (χ3n) is 3.18. The van der Waals surface area contributed by atoms with E-state index >= 15 is 0 Å². The van der Waals surface area contributed by atoms with Crippen LogP contribution in [0.15, 0.2) is 18.2 Å². The molecule has 0 radical (unpaired) electrons. The average Bonchev–Trinajstić information content (AvgIpc) is 2.82. The van der Waals surface area contributed by atoms with E-state index in [-0.39, 0.29) is 30.2 Å². The van der Waals surface area contributed by atoms with Gasteiger partial charge in [-0.25, -0.2) is 8.78 Å². The number of benzene rings is 1. The van der Waals surface area contributed by atoms with E-state index in [4.69, 9.17) is 4.74 Å². The summed E-state index contributed by atoms with van der Waals surface area (Å²) in [5.41, 5.74) is 0.622. The van der Waals surface area contributed by atoms with Crippen molar-refractivity contribution in [3.05, 3.63) is 35.4 Å². The highest BCUT2D eigenvalue weighted by atomic mass is 35.5. The van der Waals surface area contributed by atoms with Crippen LogP contribution in [0.4, 0.5) is 8.78 Å². The maximum Gasteiger partial charge on any atom is 0.310 e. The van der Waals surface area contributed by atoms with Gasteiger partial charge in [-0.2, -0.15) is 0 Å². The molecule has 0 spiro atoms. The molecule has 6 heteroatoms. The number of hydrogen-bond donors (Lipinski definition) is 1. The SMILES string of the molecule is CCOC(=O)[C@H]1CNC[C@@H]1c1ccc(F)c(F)c1.Cl. The van der Waals surface area contributed by atoms with Crippen molar-refractivity contribution in [2.24, 2.45) is 5.92 Å². The molecule has 0 aromatic heterocycles. The minimum absolute atomic E-state index is 0. The van der Waals surface area contributed by atoms with Crippen molar-refractivity contribution in [2.75, 3.05) is 19.7 Å². The average molecular weight is 292 g/mol. The van der Waals surface area contributed by atoms with Crippen molar-refractivity contribution < 1.29 is 18.3 Å². The summed E-state index contributed by atoms with van der Waals surface area (Å²) >= 11 is 0. The van der Waals surface area contributed by atoms with Crippen LogP contribution < -0.4 is 5.32 Å². The first-order valence-electron chi connectivity index (χ1n) is 5.95. The van der Waals surface area contributed by atoms with Gasteiger partial charge in [-0.1, -0.05) is 6.07 Å². The Bertz CT molecular complexity index is 456. The van der Waals surface area contributed by atoms with E-state index in [0.29, 0.717) is 25.3 Å². The second kappa shape index (κ2) is 6.82. The maximum absolute atomic E-state index is 13.2. The zero-order valence-electron chi connectivity index (χ0n) is 10.5. The Morgan fingerprint density at radius 1 is 1.37 bits per heavy atom. The van der Waals surface area contributed by atoms with E-state index < -0.39 is 11.6 Å². The molecule has 0 amide bonds. The molecule has 0 bridgehead atoms. The Morgan fingerprint density at radius 3 is 2.74 bits per heavy atom. The van der Waals surface area contributed by atoms with E-state index in [1.807, 2.05) is 0 Å². The van der Waals surface area contributed by atoms with E-state index in [1.165, 1.54) is 6.07 Å². The van der Waals surface area contributed by atoms with Gasteiger partial charge >= 0.3 is 5.97 Å². The van der Waals surface area contributed by atoms with Crippen LogP contribution in [0.5, 0.6) is 0 Å². The normalized spacial score (nSPS) is 21.8. The van der Waals surface area contributed by atoms with Crippen LogP contribution in [0.1, 0.15) is 18.4 Å². The van der Waals surface area contributed by atoms with Crippen molar-refractivity contribution in [1.82, 2.24) is 5.32 Å². The molecule has 1 aromatic carbocycles. The zero-order chi connectivity index (χ0) is 13.1. The molecule has 1 saturated heterocycles. The summed E-state index contributed by atoms with van der Waals surface area (Å²) in [7, 11) is 0. The van der Waals surface area contributed by atoms with Crippen LogP contribution >= 0.6 is 12.4 Å². The molecular weight excluding hydrogens is 276 g/mol. The van der Waals surface area contributed by atoms with Crippen molar-refractivity contribution >= 4 is 18.4 Å². The predicted octanol–water partition coefficient (Wildman–Crippen LogP) is 2.25. The molecule has 1 N–H and O–H groups in total. The minimum Gasteiger partial charge on any atom is -0.466 e. The molecule has 106 valence electrons. The predicted molar refractivity (Wildman–Crippen MR) is 69.3 cm³/mol. The fraction of sp³-hybridized carbons (Fsp3) is 0.462. The van der Waals surface area contributed by atoms with E-state index in [9.17, 15) is 13.6 Å². The number of halogens is 3. The molecule has 1 aliphatic heterocycles. The second-order valence-electron chi connectivity index (χ2n) is 4.30. The quantitative estimate of drug-likeness (QED) is 0.868. The van der Waals surface area contributed by atoms with Crippen molar-refractivity contribution in [3.63, 3.8) is 0 Å². The molecule has 1 aromatic rings. The van der Waals surface area contributed by atoms with Gasteiger partial charge in [0.15, 0.2) is 11.6 Å². The number of rotatable bonds is 3.